The summed E-state index contributed by atoms with van der Waals surface area (Å²) in [5.74, 6) is 0. The minimum absolute atomic E-state index is 0. The summed E-state index contributed by atoms with van der Waals surface area (Å²) in [5.41, 5.74) is 0. The molecule has 0 unspecified atom stereocenters. The first-order valence-corrected chi connectivity index (χ1v) is 1.90. The second-order valence-electron chi connectivity index (χ2n) is 0. The monoisotopic (exact) mass is 290 g/mol. The third-order valence-corrected chi connectivity index (χ3v) is 0. The number of hydrogen-bond acceptors (Lipinski definition) is 1. The zero-order chi connectivity index (χ0) is 2.00. The molecule has 0 aromatic rings. The van der Waals surface area contributed by atoms with Gasteiger partial charge in [-0.05, 0) is 0 Å². The third kappa shape index (κ3) is 14.6. The minimum atomic E-state index is -0.0918. The topological polar surface area (TPSA) is 80.1 Å². The molecule has 0 saturated heterocycles. The molecule has 0 atom stereocenters. The summed E-state index contributed by atoms with van der Waals surface area (Å²) in [7, 11) is 0. The van der Waals surface area contributed by atoms with Crippen molar-refractivity contribution in [1.29, 1.82) is 0 Å². The molecule has 26 valence electrons. The molecular formula is H4O3U. The Hall–Kier alpha value is 0.772. The van der Waals surface area contributed by atoms with Crippen LogP contribution in [-0.2, 0) is 2.24 Å². The standard InChI is InChI=1S/2H2O.O.U/h2*1H2;;. The van der Waals surface area contributed by atoms with Crippen LogP contribution in [0.1, 0.15) is 0 Å². The van der Waals surface area contributed by atoms with Gasteiger partial charge in [-0.15, -0.1) is 0 Å². The van der Waals surface area contributed by atoms with Crippen molar-refractivity contribution in [2.45, 2.75) is 0 Å². The Morgan fingerprint density at radius 3 is 1.00 bits per heavy atom. The van der Waals surface area contributed by atoms with E-state index in [9.17, 15) is 0 Å². The van der Waals surface area contributed by atoms with Crippen LogP contribution in [0.2, 0.25) is 0 Å². The SMILES string of the molecule is O.O.[O]=[U]. The predicted molar refractivity (Wildman–Crippen MR) is 7.91 cm³/mol. The molecule has 0 spiro atoms. The van der Waals surface area contributed by atoms with Gasteiger partial charge in [-0.3, -0.25) is 0 Å². The zero-order valence-corrected chi connectivity index (χ0v) is 6.07. The van der Waals surface area contributed by atoms with Crippen molar-refractivity contribution in [2.75, 3.05) is 0 Å². The maximum atomic E-state index is 8.42. The molecule has 0 radical (unpaired) electrons. The molecule has 4 N–H and O–H groups in total. The molecule has 0 amide bonds. The van der Waals surface area contributed by atoms with Crippen molar-refractivity contribution in [1.82, 2.24) is 0 Å². The fraction of sp³-hybridized carbons (Fsp3) is 0. The molecule has 0 bridgehead atoms. The molecule has 0 fully saturated rings. The van der Waals surface area contributed by atoms with Crippen LogP contribution < -0.4 is 0 Å². The van der Waals surface area contributed by atoms with Crippen LogP contribution in [0, 0.1) is 29.5 Å². The normalized spacial score (nSPS) is 1.50. The van der Waals surface area contributed by atoms with E-state index in [2.05, 4.69) is 0 Å². The van der Waals surface area contributed by atoms with Crippen molar-refractivity contribution < 1.29 is 42.7 Å². The van der Waals surface area contributed by atoms with Crippen LogP contribution in [-0.4, -0.2) is 11.0 Å². The van der Waals surface area contributed by atoms with Crippen molar-refractivity contribution in [3.8, 4) is 0 Å². The van der Waals surface area contributed by atoms with Gasteiger partial charge >= 0.3 is 31.7 Å². The van der Waals surface area contributed by atoms with Crippen molar-refractivity contribution in [3.05, 3.63) is 0 Å². The summed E-state index contributed by atoms with van der Waals surface area (Å²) in [6.45, 7) is 0. The molecule has 0 aliphatic heterocycles. The molecule has 0 aromatic heterocycles. The van der Waals surface area contributed by atoms with E-state index in [0.29, 0.717) is 0 Å². The van der Waals surface area contributed by atoms with Gasteiger partial charge < -0.3 is 11.0 Å². The summed E-state index contributed by atoms with van der Waals surface area (Å²) < 4.78 is 8.42. The average Bonchev–Trinajstić information content (AvgIpc) is 1.00. The van der Waals surface area contributed by atoms with Gasteiger partial charge in [-0.2, -0.15) is 0 Å². The fourth-order valence-corrected chi connectivity index (χ4v) is 0. The molecular weight excluding hydrogens is 286 g/mol. The van der Waals surface area contributed by atoms with E-state index in [4.69, 9.17) is 2.24 Å². The molecule has 0 aliphatic carbocycles. The van der Waals surface area contributed by atoms with E-state index < -0.39 is 0 Å². The first kappa shape index (κ1) is 21.6. The third-order valence-electron chi connectivity index (χ3n) is 0. The first-order chi connectivity index (χ1) is 1.00. The number of rotatable bonds is 0. The van der Waals surface area contributed by atoms with Crippen LogP contribution >= 0.6 is 0 Å². The molecule has 0 rings (SSSR count). The average molecular weight is 290 g/mol. The Morgan fingerprint density at radius 2 is 1.00 bits per heavy atom. The van der Waals surface area contributed by atoms with Crippen molar-refractivity contribution in [3.63, 3.8) is 0 Å². The fourth-order valence-electron chi connectivity index (χ4n) is 0. The van der Waals surface area contributed by atoms with Gasteiger partial charge in [0.25, 0.3) is 0 Å². The van der Waals surface area contributed by atoms with E-state index in [0.717, 1.165) is 0 Å². The van der Waals surface area contributed by atoms with E-state index in [-0.39, 0.29) is 40.4 Å². The van der Waals surface area contributed by atoms with Gasteiger partial charge in [0.2, 0.25) is 0 Å². The second-order valence-corrected chi connectivity index (χ2v) is 0. The van der Waals surface area contributed by atoms with E-state index in [1.165, 1.54) is 0 Å². The Morgan fingerprint density at radius 1 is 1.00 bits per heavy atom. The summed E-state index contributed by atoms with van der Waals surface area (Å²) in [5, 5.41) is 0. The van der Waals surface area contributed by atoms with Gasteiger partial charge in [0, 0.05) is 0 Å². The zero-order valence-electron chi connectivity index (χ0n) is 1.91. The Balaban J connectivity index is -0.00000000500. The molecule has 0 saturated carbocycles. The molecule has 0 aromatic carbocycles. The van der Waals surface area contributed by atoms with Crippen molar-refractivity contribution in [2.24, 2.45) is 0 Å². The Kier molecular flexibility index (Phi) is 263. The van der Waals surface area contributed by atoms with Crippen molar-refractivity contribution >= 4 is 0 Å². The van der Waals surface area contributed by atoms with Crippen LogP contribution in [0.25, 0.3) is 0 Å². The second kappa shape index (κ2) is 48.6. The summed E-state index contributed by atoms with van der Waals surface area (Å²) in [6, 6.07) is 0. The summed E-state index contributed by atoms with van der Waals surface area (Å²) in [6.07, 6.45) is 0. The van der Waals surface area contributed by atoms with Gasteiger partial charge in [0.05, 0.1) is 0 Å². The summed E-state index contributed by atoms with van der Waals surface area (Å²) in [4.78, 5) is 0. The molecule has 3 nitrogen and oxygen atoms in total. The Bertz CT molecular complexity index is 3.25. The van der Waals surface area contributed by atoms with E-state index >= 15 is 0 Å². The van der Waals surface area contributed by atoms with Crippen LogP contribution in [0.5, 0.6) is 0 Å². The van der Waals surface area contributed by atoms with Gasteiger partial charge in [-0.1, -0.05) is 0 Å². The predicted octanol–water partition coefficient (Wildman–Crippen LogP) is -1.77. The summed E-state index contributed by atoms with van der Waals surface area (Å²) >= 11 is -0.0918. The number of hydrogen-bond donors (Lipinski definition) is 0. The quantitative estimate of drug-likeness (QED) is 0.520. The Labute approximate surface area is 42.8 Å². The first-order valence-electron chi connectivity index (χ1n) is 0.204. The molecule has 4 heavy (non-hydrogen) atoms. The van der Waals surface area contributed by atoms with E-state index in [1.807, 2.05) is 0 Å². The van der Waals surface area contributed by atoms with Crippen LogP contribution in [0.15, 0.2) is 0 Å². The molecule has 0 heterocycles. The molecule has 4 heteroatoms. The maximum absolute atomic E-state index is 8.42. The van der Waals surface area contributed by atoms with Gasteiger partial charge in [-0.25, -0.2) is 0 Å². The van der Waals surface area contributed by atoms with Gasteiger partial charge in [0.1, 0.15) is 0 Å². The van der Waals surface area contributed by atoms with Crippen LogP contribution in [0.4, 0.5) is 0 Å². The molecule has 0 aliphatic rings. The van der Waals surface area contributed by atoms with Gasteiger partial charge in [0.15, 0.2) is 0 Å². The van der Waals surface area contributed by atoms with E-state index in [1.54, 1.807) is 0 Å². The van der Waals surface area contributed by atoms with Crippen LogP contribution in [0.3, 0.4) is 0 Å².